The van der Waals surface area contributed by atoms with Gasteiger partial charge in [-0.2, -0.15) is 0 Å². The number of benzene rings is 2. The summed E-state index contributed by atoms with van der Waals surface area (Å²) in [4.78, 5) is 46.8. The zero-order valence-corrected chi connectivity index (χ0v) is 13.7. The van der Waals surface area contributed by atoms with Crippen molar-refractivity contribution >= 4 is 27.8 Å². The molecule has 8 heteroatoms. The van der Waals surface area contributed by atoms with E-state index < -0.39 is 17.2 Å². The minimum absolute atomic E-state index is 0.174. The molecule has 0 bridgehead atoms. The fourth-order valence-electron chi connectivity index (χ4n) is 2.81. The number of nitrogens with one attached hydrogen (secondary N) is 3. The van der Waals surface area contributed by atoms with Gasteiger partial charge in [0.25, 0.3) is 5.56 Å². The molecule has 8 nitrogen and oxygen atoms in total. The first-order chi connectivity index (χ1) is 12.6. The van der Waals surface area contributed by atoms with E-state index in [2.05, 4.69) is 20.3 Å². The summed E-state index contributed by atoms with van der Waals surface area (Å²) in [5.74, 6) is 0.146. The third-order valence-corrected chi connectivity index (χ3v) is 4.08. The van der Waals surface area contributed by atoms with Gasteiger partial charge in [-0.15, -0.1) is 0 Å². The highest BCUT2D eigenvalue weighted by Gasteiger charge is 2.11. The second-order valence-electron chi connectivity index (χ2n) is 5.84. The summed E-state index contributed by atoms with van der Waals surface area (Å²) in [6.45, 7) is -0.188. The number of hydrogen-bond donors (Lipinski definition) is 3. The van der Waals surface area contributed by atoms with Crippen molar-refractivity contribution in [3.8, 4) is 0 Å². The molecule has 0 atom stereocenters. The van der Waals surface area contributed by atoms with Gasteiger partial charge < -0.3 is 15.3 Å². The summed E-state index contributed by atoms with van der Waals surface area (Å²) in [7, 11) is 0. The van der Waals surface area contributed by atoms with Crippen LogP contribution in [-0.4, -0.2) is 25.4 Å². The van der Waals surface area contributed by atoms with Crippen LogP contribution >= 0.6 is 0 Å². The van der Waals surface area contributed by atoms with E-state index in [0.717, 1.165) is 15.6 Å². The molecule has 2 aromatic carbocycles. The Morgan fingerprint density at radius 1 is 1.00 bits per heavy atom. The van der Waals surface area contributed by atoms with Crippen molar-refractivity contribution < 1.29 is 4.79 Å². The maximum atomic E-state index is 12.4. The van der Waals surface area contributed by atoms with Crippen molar-refractivity contribution in [2.45, 2.75) is 13.1 Å². The van der Waals surface area contributed by atoms with Crippen molar-refractivity contribution in [2.75, 3.05) is 0 Å². The summed E-state index contributed by atoms with van der Waals surface area (Å²) >= 11 is 0. The Hall–Kier alpha value is -3.68. The molecule has 0 saturated heterocycles. The van der Waals surface area contributed by atoms with Crippen molar-refractivity contribution in [1.82, 2.24) is 24.8 Å². The molecular formula is C18H15N5O3. The lowest BCUT2D eigenvalue weighted by molar-refractivity contribution is -0.122. The summed E-state index contributed by atoms with van der Waals surface area (Å²) < 4.78 is 0.885. The van der Waals surface area contributed by atoms with Crippen molar-refractivity contribution in [1.29, 1.82) is 0 Å². The summed E-state index contributed by atoms with van der Waals surface area (Å²) in [5.41, 5.74) is 1.01. The Labute approximate surface area is 146 Å². The molecular weight excluding hydrogens is 334 g/mol. The third-order valence-electron chi connectivity index (χ3n) is 4.08. The van der Waals surface area contributed by atoms with Crippen molar-refractivity contribution in [2.24, 2.45) is 0 Å². The van der Waals surface area contributed by atoms with Crippen LogP contribution in [0, 0.1) is 0 Å². The van der Waals surface area contributed by atoms with Gasteiger partial charge >= 0.3 is 5.69 Å². The Morgan fingerprint density at radius 3 is 2.54 bits per heavy atom. The standard InChI is InChI=1S/C18H15N5O3/c24-16(19-9-15-20-13-7-3-4-8-14(13)21-15)10-23-17(25)11-5-1-2-6-12(11)22-18(23)26/h1-8H,9-10H2,(H,19,24)(H,20,21)(H,22,26). The maximum Gasteiger partial charge on any atom is 0.329 e. The highest BCUT2D eigenvalue weighted by molar-refractivity contribution is 5.79. The molecule has 0 aliphatic rings. The van der Waals surface area contributed by atoms with Crippen LogP contribution in [0.1, 0.15) is 5.82 Å². The summed E-state index contributed by atoms with van der Waals surface area (Å²) in [5, 5.41) is 3.02. The average Bonchev–Trinajstić information content (AvgIpc) is 3.06. The van der Waals surface area contributed by atoms with Crippen LogP contribution in [0.5, 0.6) is 0 Å². The highest BCUT2D eigenvalue weighted by atomic mass is 16.2. The number of hydrogen-bond acceptors (Lipinski definition) is 4. The SMILES string of the molecule is O=C(Cn1c(=O)[nH]c2ccccc2c1=O)NCc1nc2ccccc2[nH]1. The number of aromatic amines is 2. The Morgan fingerprint density at radius 2 is 1.73 bits per heavy atom. The Balaban J connectivity index is 1.52. The van der Waals surface area contributed by atoms with Crippen LogP contribution in [0.3, 0.4) is 0 Å². The number of carbonyl (C=O) groups is 1. The number of rotatable bonds is 4. The quantitative estimate of drug-likeness (QED) is 0.508. The summed E-state index contributed by atoms with van der Waals surface area (Å²) in [6.07, 6.45) is 0. The molecule has 0 aliphatic heterocycles. The first-order valence-electron chi connectivity index (χ1n) is 8.04. The smallest absolute Gasteiger partial charge is 0.329 e. The monoisotopic (exact) mass is 349 g/mol. The molecule has 0 aliphatic carbocycles. The molecule has 0 fully saturated rings. The molecule has 2 aromatic heterocycles. The zero-order valence-electron chi connectivity index (χ0n) is 13.7. The molecule has 4 aromatic rings. The number of H-pyrrole nitrogens is 2. The van der Waals surface area contributed by atoms with E-state index in [4.69, 9.17) is 0 Å². The van der Waals surface area contributed by atoms with Gasteiger partial charge in [-0.1, -0.05) is 24.3 Å². The fourth-order valence-corrected chi connectivity index (χ4v) is 2.81. The second kappa shape index (κ2) is 6.32. The van der Waals surface area contributed by atoms with Crippen molar-refractivity contribution in [3.63, 3.8) is 0 Å². The van der Waals surface area contributed by atoms with E-state index in [9.17, 15) is 14.4 Å². The molecule has 0 radical (unpaired) electrons. The molecule has 4 rings (SSSR count). The minimum Gasteiger partial charge on any atom is -0.347 e. The van der Waals surface area contributed by atoms with Gasteiger partial charge in [-0.3, -0.25) is 14.2 Å². The number of imidazole rings is 1. The van der Waals surface area contributed by atoms with Gasteiger partial charge in [0.15, 0.2) is 0 Å². The van der Waals surface area contributed by atoms with E-state index in [0.29, 0.717) is 16.7 Å². The summed E-state index contributed by atoms with van der Waals surface area (Å²) in [6, 6.07) is 14.2. The number of nitrogens with zero attached hydrogens (tertiary/aromatic N) is 2. The van der Waals surface area contributed by atoms with Gasteiger partial charge in [0.1, 0.15) is 12.4 Å². The van der Waals surface area contributed by atoms with E-state index in [1.807, 2.05) is 24.3 Å². The lowest BCUT2D eigenvalue weighted by Crippen LogP contribution is -2.40. The van der Waals surface area contributed by atoms with E-state index in [1.54, 1.807) is 24.3 Å². The predicted octanol–water partition coefficient (Wildman–Crippen LogP) is 0.882. The molecule has 0 spiro atoms. The maximum absolute atomic E-state index is 12.4. The molecule has 3 N–H and O–H groups in total. The molecule has 130 valence electrons. The topological polar surface area (TPSA) is 113 Å². The van der Waals surface area contributed by atoms with Crippen LogP contribution in [-0.2, 0) is 17.9 Å². The molecule has 0 unspecified atom stereocenters. The van der Waals surface area contributed by atoms with Crippen LogP contribution in [0.2, 0.25) is 0 Å². The number of amides is 1. The average molecular weight is 349 g/mol. The van der Waals surface area contributed by atoms with Crippen LogP contribution < -0.4 is 16.6 Å². The lowest BCUT2D eigenvalue weighted by Gasteiger charge is -2.07. The second-order valence-corrected chi connectivity index (χ2v) is 5.84. The lowest BCUT2D eigenvalue weighted by atomic mass is 10.2. The van der Waals surface area contributed by atoms with E-state index in [1.165, 1.54) is 0 Å². The number of aromatic nitrogens is 4. The van der Waals surface area contributed by atoms with Gasteiger partial charge in [0.2, 0.25) is 5.91 Å². The Kier molecular flexibility index (Phi) is 3.85. The van der Waals surface area contributed by atoms with Crippen LogP contribution in [0.15, 0.2) is 58.1 Å². The number of fused-ring (bicyclic) bond motifs is 2. The van der Waals surface area contributed by atoms with E-state index in [-0.39, 0.29) is 13.1 Å². The predicted molar refractivity (Wildman–Crippen MR) is 96.8 cm³/mol. The van der Waals surface area contributed by atoms with Gasteiger partial charge in [0.05, 0.1) is 28.5 Å². The van der Waals surface area contributed by atoms with E-state index >= 15 is 0 Å². The molecule has 2 heterocycles. The van der Waals surface area contributed by atoms with Gasteiger partial charge in [0, 0.05) is 0 Å². The third kappa shape index (κ3) is 2.88. The normalized spacial score (nSPS) is 11.1. The zero-order chi connectivity index (χ0) is 18.1. The molecule has 26 heavy (non-hydrogen) atoms. The molecule has 1 amide bonds. The minimum atomic E-state index is -0.618. The molecule has 0 saturated carbocycles. The highest BCUT2D eigenvalue weighted by Crippen LogP contribution is 2.09. The van der Waals surface area contributed by atoms with Crippen LogP contribution in [0.25, 0.3) is 21.9 Å². The Bertz CT molecular complexity index is 1200. The number of para-hydroxylation sites is 3. The first kappa shape index (κ1) is 15.8. The van der Waals surface area contributed by atoms with Crippen LogP contribution in [0.4, 0.5) is 0 Å². The van der Waals surface area contributed by atoms with Gasteiger partial charge in [-0.05, 0) is 24.3 Å². The van der Waals surface area contributed by atoms with Crippen molar-refractivity contribution in [3.05, 3.63) is 75.2 Å². The number of carbonyl (C=O) groups excluding carboxylic acids is 1. The largest absolute Gasteiger partial charge is 0.347 e. The fraction of sp³-hybridized carbons (Fsp3) is 0.111. The van der Waals surface area contributed by atoms with Gasteiger partial charge in [-0.25, -0.2) is 9.78 Å². The first-order valence-corrected chi connectivity index (χ1v) is 8.04.